The molecule has 0 spiro atoms. The molecule has 1 aliphatic heterocycles. The Labute approximate surface area is 127 Å². The first kappa shape index (κ1) is 14.0. The van der Waals surface area contributed by atoms with Gasteiger partial charge in [0.15, 0.2) is 6.10 Å². The van der Waals surface area contributed by atoms with Crippen molar-refractivity contribution in [1.82, 2.24) is 4.84 Å². The van der Waals surface area contributed by atoms with E-state index in [1.54, 1.807) is 12.5 Å². The van der Waals surface area contributed by atoms with E-state index in [1.165, 1.54) is 0 Å². The molecule has 1 aromatic carbocycles. The second-order valence-corrected chi connectivity index (χ2v) is 4.99. The van der Waals surface area contributed by atoms with Crippen molar-refractivity contribution in [2.45, 2.75) is 12.5 Å². The van der Waals surface area contributed by atoms with Crippen molar-refractivity contribution in [3.05, 3.63) is 42.9 Å². The van der Waals surface area contributed by atoms with Gasteiger partial charge in [0.25, 0.3) is 0 Å². The van der Waals surface area contributed by atoms with Gasteiger partial charge in [-0.15, -0.1) is 0 Å². The minimum absolute atomic E-state index is 0.0811. The van der Waals surface area contributed by atoms with Crippen LogP contribution >= 0.6 is 11.8 Å². The molecule has 1 unspecified atom stereocenters. The van der Waals surface area contributed by atoms with E-state index in [0.717, 1.165) is 22.6 Å². The predicted molar refractivity (Wildman–Crippen MR) is 80.4 cm³/mol. The smallest absolute Gasteiger partial charge is 0.166 e. The number of nitrogens with zero attached hydrogens (tertiary/aromatic N) is 1. The summed E-state index contributed by atoms with van der Waals surface area (Å²) < 4.78 is 11.0. The molecule has 2 heterocycles. The highest BCUT2D eigenvalue weighted by Crippen LogP contribution is 2.30. The van der Waals surface area contributed by atoms with Crippen LogP contribution in [0, 0.1) is 0 Å². The zero-order valence-electron chi connectivity index (χ0n) is 11.3. The molecule has 0 fully saturated rings. The Morgan fingerprint density at radius 3 is 3.05 bits per heavy atom. The SMILES string of the molecule is ClNCC1=NOC(COc2ccccc2-c2ccoc2)C1. The number of ether oxygens (including phenoxy) is 1. The van der Waals surface area contributed by atoms with E-state index in [-0.39, 0.29) is 6.10 Å². The molecular formula is C15H15ClN2O3. The Balaban J connectivity index is 1.62. The molecule has 110 valence electrons. The van der Waals surface area contributed by atoms with Crippen LogP contribution in [0.2, 0.25) is 0 Å². The van der Waals surface area contributed by atoms with Crippen LogP contribution in [0.25, 0.3) is 11.1 Å². The van der Waals surface area contributed by atoms with Gasteiger partial charge in [-0.3, -0.25) is 0 Å². The first-order valence-electron chi connectivity index (χ1n) is 6.66. The van der Waals surface area contributed by atoms with Gasteiger partial charge in [0.2, 0.25) is 0 Å². The Morgan fingerprint density at radius 1 is 1.33 bits per heavy atom. The summed E-state index contributed by atoms with van der Waals surface area (Å²) in [5, 5.41) is 3.97. The number of halogens is 1. The summed E-state index contributed by atoms with van der Waals surface area (Å²) in [5.74, 6) is 0.798. The van der Waals surface area contributed by atoms with Gasteiger partial charge in [-0.05, 0) is 23.9 Å². The van der Waals surface area contributed by atoms with Crippen molar-refractivity contribution in [3.8, 4) is 16.9 Å². The summed E-state index contributed by atoms with van der Waals surface area (Å²) in [6.45, 7) is 0.952. The lowest BCUT2D eigenvalue weighted by Gasteiger charge is -2.13. The van der Waals surface area contributed by atoms with Crippen LogP contribution in [-0.2, 0) is 4.84 Å². The molecule has 1 aromatic heterocycles. The summed E-state index contributed by atoms with van der Waals surface area (Å²) in [4.78, 5) is 7.86. The maximum Gasteiger partial charge on any atom is 0.166 e. The number of para-hydroxylation sites is 1. The Morgan fingerprint density at radius 2 is 2.24 bits per heavy atom. The summed E-state index contributed by atoms with van der Waals surface area (Å²) in [5.41, 5.74) is 2.87. The molecular weight excluding hydrogens is 292 g/mol. The van der Waals surface area contributed by atoms with E-state index in [4.69, 9.17) is 25.8 Å². The predicted octanol–water partition coefficient (Wildman–Crippen LogP) is 3.21. The summed E-state index contributed by atoms with van der Waals surface area (Å²) in [6, 6.07) is 9.73. The van der Waals surface area contributed by atoms with E-state index in [0.29, 0.717) is 19.6 Å². The second-order valence-electron chi connectivity index (χ2n) is 4.72. The van der Waals surface area contributed by atoms with Crippen molar-refractivity contribution in [2.24, 2.45) is 5.16 Å². The number of furan rings is 1. The molecule has 5 nitrogen and oxygen atoms in total. The van der Waals surface area contributed by atoms with Crippen molar-refractivity contribution in [3.63, 3.8) is 0 Å². The van der Waals surface area contributed by atoms with Crippen molar-refractivity contribution < 1.29 is 14.0 Å². The lowest BCUT2D eigenvalue weighted by atomic mass is 10.1. The second kappa shape index (κ2) is 6.65. The molecule has 1 atom stereocenters. The average Bonchev–Trinajstić information content (AvgIpc) is 3.17. The van der Waals surface area contributed by atoms with E-state index in [1.807, 2.05) is 30.3 Å². The minimum Gasteiger partial charge on any atom is -0.489 e. The molecule has 0 aliphatic carbocycles. The molecule has 0 amide bonds. The standard InChI is InChI=1S/C15H15ClN2O3/c16-17-8-12-7-13(21-18-12)10-20-15-4-2-1-3-14(15)11-5-6-19-9-11/h1-6,9,13,17H,7-8,10H2. The largest absolute Gasteiger partial charge is 0.489 e. The third kappa shape index (κ3) is 3.37. The topological polar surface area (TPSA) is 56.0 Å². The van der Waals surface area contributed by atoms with Crippen LogP contribution < -0.4 is 9.57 Å². The van der Waals surface area contributed by atoms with Gasteiger partial charge in [-0.2, -0.15) is 0 Å². The molecule has 6 heteroatoms. The van der Waals surface area contributed by atoms with Crippen LogP contribution in [0.3, 0.4) is 0 Å². The van der Waals surface area contributed by atoms with Crippen LogP contribution in [0.1, 0.15) is 6.42 Å². The van der Waals surface area contributed by atoms with Gasteiger partial charge >= 0.3 is 0 Å². The number of rotatable bonds is 6. The monoisotopic (exact) mass is 306 g/mol. The van der Waals surface area contributed by atoms with Gasteiger partial charge in [-0.1, -0.05) is 23.4 Å². The average molecular weight is 307 g/mol. The molecule has 3 rings (SSSR count). The Bertz CT molecular complexity index is 613. The fraction of sp³-hybridized carbons (Fsp3) is 0.267. The van der Waals surface area contributed by atoms with E-state index in [2.05, 4.69) is 9.99 Å². The Kier molecular flexibility index (Phi) is 4.43. The van der Waals surface area contributed by atoms with E-state index < -0.39 is 0 Å². The fourth-order valence-corrected chi connectivity index (χ4v) is 2.34. The van der Waals surface area contributed by atoms with Crippen LogP contribution in [0.15, 0.2) is 52.4 Å². The lowest BCUT2D eigenvalue weighted by molar-refractivity contribution is 0.0472. The maximum atomic E-state index is 5.88. The zero-order chi connectivity index (χ0) is 14.5. The van der Waals surface area contributed by atoms with Gasteiger partial charge in [0, 0.05) is 17.5 Å². The van der Waals surface area contributed by atoms with Crippen LogP contribution in [0.4, 0.5) is 0 Å². The summed E-state index contributed by atoms with van der Waals surface area (Å²) in [7, 11) is 0. The molecule has 0 saturated heterocycles. The number of hydrogen-bond donors (Lipinski definition) is 1. The first-order valence-corrected chi connectivity index (χ1v) is 7.04. The number of hydrogen-bond acceptors (Lipinski definition) is 5. The van der Waals surface area contributed by atoms with Crippen molar-refractivity contribution >= 4 is 17.5 Å². The highest BCUT2D eigenvalue weighted by Gasteiger charge is 2.21. The highest BCUT2D eigenvalue weighted by molar-refractivity contribution is 6.14. The molecule has 2 aromatic rings. The summed E-state index contributed by atoms with van der Waals surface area (Å²) in [6.07, 6.45) is 3.98. The maximum absolute atomic E-state index is 5.88. The van der Waals surface area contributed by atoms with Crippen LogP contribution in [-0.4, -0.2) is 25.0 Å². The van der Waals surface area contributed by atoms with Crippen molar-refractivity contribution in [2.75, 3.05) is 13.2 Å². The molecule has 0 radical (unpaired) electrons. The van der Waals surface area contributed by atoms with Gasteiger partial charge < -0.3 is 14.0 Å². The normalized spacial score (nSPS) is 17.4. The molecule has 1 aliphatic rings. The van der Waals surface area contributed by atoms with Crippen molar-refractivity contribution in [1.29, 1.82) is 0 Å². The third-order valence-electron chi connectivity index (χ3n) is 3.21. The molecule has 21 heavy (non-hydrogen) atoms. The number of benzene rings is 1. The molecule has 0 bridgehead atoms. The fourth-order valence-electron chi connectivity index (χ4n) is 2.19. The highest BCUT2D eigenvalue weighted by atomic mass is 35.5. The van der Waals surface area contributed by atoms with E-state index in [9.17, 15) is 0 Å². The van der Waals surface area contributed by atoms with E-state index >= 15 is 0 Å². The number of oxime groups is 1. The van der Waals surface area contributed by atoms with Crippen LogP contribution in [0.5, 0.6) is 5.75 Å². The summed E-state index contributed by atoms with van der Waals surface area (Å²) >= 11 is 5.45. The molecule has 0 saturated carbocycles. The quantitative estimate of drug-likeness (QED) is 0.833. The zero-order valence-corrected chi connectivity index (χ0v) is 12.0. The number of nitrogens with one attached hydrogen (secondary N) is 1. The Hall–Kier alpha value is -1.98. The van der Waals surface area contributed by atoms with Gasteiger partial charge in [-0.25, -0.2) is 4.84 Å². The first-order chi connectivity index (χ1) is 10.4. The van der Waals surface area contributed by atoms with Gasteiger partial charge in [0.1, 0.15) is 12.4 Å². The minimum atomic E-state index is -0.0811. The molecule has 1 N–H and O–H groups in total. The van der Waals surface area contributed by atoms with Gasteiger partial charge in [0.05, 0.1) is 24.8 Å². The lowest BCUT2D eigenvalue weighted by Crippen LogP contribution is -2.21. The third-order valence-corrected chi connectivity index (χ3v) is 3.34.